The Morgan fingerprint density at radius 3 is 0.828 bits per heavy atom. The van der Waals surface area contributed by atoms with Gasteiger partial charge in [0.25, 0.3) is 0 Å². The van der Waals surface area contributed by atoms with Gasteiger partial charge in [-0.05, 0) is 0 Å². The standard InChI is InChI=1S/C20H32O6Si3/c1-21-28(22-2,23-3)19-13-9-17(10-14-19)27(7,8)18-11-15-20(16-12-18)29(24-4,25-5)26-6/h9-16H,1-8H3. The third-order valence-electron chi connectivity index (χ3n) is 5.53. The third kappa shape index (κ3) is 4.48. The normalized spacial score (nSPS) is 13.0. The van der Waals surface area contributed by atoms with Gasteiger partial charge in [0.15, 0.2) is 0 Å². The molecule has 0 aliphatic rings. The molecule has 0 N–H and O–H groups in total. The smallest absolute Gasteiger partial charge is 0.373 e. The molecule has 0 amide bonds. The monoisotopic (exact) mass is 452 g/mol. The average molecular weight is 453 g/mol. The van der Waals surface area contributed by atoms with Gasteiger partial charge in [-0.25, -0.2) is 0 Å². The van der Waals surface area contributed by atoms with Gasteiger partial charge < -0.3 is 26.6 Å². The van der Waals surface area contributed by atoms with E-state index >= 15 is 0 Å². The summed E-state index contributed by atoms with van der Waals surface area (Å²) >= 11 is 0. The molecule has 2 rings (SSSR count). The summed E-state index contributed by atoms with van der Waals surface area (Å²) in [6.07, 6.45) is 0. The minimum atomic E-state index is -2.82. The lowest BCUT2D eigenvalue weighted by Crippen LogP contribution is -2.57. The molecule has 2 aromatic rings. The minimum absolute atomic E-state index is 0.949. The molecule has 29 heavy (non-hydrogen) atoms. The van der Waals surface area contributed by atoms with Crippen molar-refractivity contribution >= 4 is 46.4 Å². The molecule has 0 spiro atoms. The highest BCUT2D eigenvalue weighted by molar-refractivity contribution is 7.00. The van der Waals surface area contributed by atoms with Gasteiger partial charge in [-0.15, -0.1) is 0 Å². The fraction of sp³-hybridized carbons (Fsp3) is 0.400. The van der Waals surface area contributed by atoms with Crippen LogP contribution in [0.2, 0.25) is 13.1 Å². The molecule has 0 aromatic heterocycles. The summed E-state index contributed by atoms with van der Waals surface area (Å²) in [6, 6.07) is 16.9. The lowest BCUT2D eigenvalue weighted by atomic mass is 10.3. The fourth-order valence-electron chi connectivity index (χ4n) is 3.56. The van der Waals surface area contributed by atoms with Crippen LogP contribution in [0.3, 0.4) is 0 Å². The van der Waals surface area contributed by atoms with E-state index < -0.39 is 25.7 Å². The van der Waals surface area contributed by atoms with Crippen LogP contribution in [0.4, 0.5) is 0 Å². The van der Waals surface area contributed by atoms with Crippen LogP contribution in [0.1, 0.15) is 0 Å². The first-order valence-electron chi connectivity index (χ1n) is 9.32. The van der Waals surface area contributed by atoms with Crippen molar-refractivity contribution in [2.24, 2.45) is 0 Å². The second-order valence-corrected chi connectivity index (χ2v) is 17.4. The van der Waals surface area contributed by atoms with Crippen molar-refractivity contribution in [1.82, 2.24) is 0 Å². The van der Waals surface area contributed by atoms with Crippen molar-refractivity contribution in [2.45, 2.75) is 13.1 Å². The maximum Gasteiger partial charge on any atom is 0.536 e. The first-order valence-corrected chi connectivity index (χ1v) is 15.8. The second kappa shape index (κ2) is 9.77. The maximum absolute atomic E-state index is 5.58. The quantitative estimate of drug-likeness (QED) is 0.494. The van der Waals surface area contributed by atoms with E-state index in [1.165, 1.54) is 10.4 Å². The van der Waals surface area contributed by atoms with E-state index in [1.54, 1.807) is 42.7 Å². The molecular weight excluding hydrogens is 420 g/mol. The van der Waals surface area contributed by atoms with Gasteiger partial charge in [-0.1, -0.05) is 72.0 Å². The van der Waals surface area contributed by atoms with Crippen LogP contribution < -0.4 is 20.7 Å². The van der Waals surface area contributed by atoms with E-state index in [9.17, 15) is 0 Å². The van der Waals surface area contributed by atoms with Crippen LogP contribution in [0.5, 0.6) is 0 Å². The Bertz CT molecular complexity index is 690. The zero-order valence-corrected chi connectivity index (χ0v) is 21.6. The molecule has 0 atom stereocenters. The van der Waals surface area contributed by atoms with E-state index in [2.05, 4.69) is 61.6 Å². The summed E-state index contributed by atoms with van der Waals surface area (Å²) in [6.45, 7) is 4.66. The van der Waals surface area contributed by atoms with E-state index in [0.29, 0.717) is 0 Å². The fourth-order valence-corrected chi connectivity index (χ4v) is 9.45. The zero-order chi connectivity index (χ0) is 21.7. The van der Waals surface area contributed by atoms with Crippen molar-refractivity contribution in [3.8, 4) is 0 Å². The Labute approximate surface area is 177 Å². The summed E-state index contributed by atoms with van der Waals surface area (Å²) in [4.78, 5) is 0. The Balaban J connectivity index is 2.35. The molecule has 0 bridgehead atoms. The van der Waals surface area contributed by atoms with Crippen LogP contribution in [-0.2, 0) is 26.6 Å². The number of hydrogen-bond acceptors (Lipinski definition) is 6. The summed E-state index contributed by atoms with van der Waals surface area (Å²) in [7, 11) is 2.20. The van der Waals surface area contributed by atoms with Crippen LogP contribution >= 0.6 is 0 Å². The predicted molar refractivity (Wildman–Crippen MR) is 122 cm³/mol. The average Bonchev–Trinajstić information content (AvgIpc) is 2.78. The Morgan fingerprint density at radius 1 is 0.414 bits per heavy atom. The molecule has 0 fully saturated rings. The van der Waals surface area contributed by atoms with E-state index in [-0.39, 0.29) is 0 Å². The van der Waals surface area contributed by atoms with Crippen LogP contribution in [0.25, 0.3) is 0 Å². The van der Waals surface area contributed by atoms with E-state index in [1.807, 2.05) is 0 Å². The van der Waals surface area contributed by atoms with Crippen molar-refractivity contribution in [2.75, 3.05) is 42.7 Å². The molecule has 0 aliphatic carbocycles. The summed E-state index contributed by atoms with van der Waals surface area (Å²) < 4.78 is 33.5. The predicted octanol–water partition coefficient (Wildman–Crippen LogP) is 0.679. The molecule has 0 aliphatic heterocycles. The van der Waals surface area contributed by atoms with Crippen molar-refractivity contribution in [1.29, 1.82) is 0 Å². The first-order chi connectivity index (χ1) is 13.8. The lowest BCUT2D eigenvalue weighted by Gasteiger charge is -2.28. The van der Waals surface area contributed by atoms with Gasteiger partial charge >= 0.3 is 17.6 Å². The molecule has 2 aromatic carbocycles. The SMILES string of the molecule is CO[Si](OC)(OC)c1ccc([Si](C)(C)c2ccc([Si](OC)(OC)OC)cc2)cc1. The topological polar surface area (TPSA) is 55.4 Å². The molecule has 0 heterocycles. The van der Waals surface area contributed by atoms with Gasteiger partial charge in [0, 0.05) is 53.0 Å². The summed E-state index contributed by atoms with van der Waals surface area (Å²) in [5.41, 5.74) is 0. The number of rotatable bonds is 10. The van der Waals surface area contributed by atoms with Crippen molar-refractivity contribution in [3.05, 3.63) is 48.5 Å². The lowest BCUT2D eigenvalue weighted by molar-refractivity contribution is 0.140. The highest BCUT2D eigenvalue weighted by Crippen LogP contribution is 2.10. The molecule has 9 heteroatoms. The first kappa shape index (κ1) is 24.1. The third-order valence-corrected chi connectivity index (χ3v) is 14.4. The molecule has 160 valence electrons. The number of benzene rings is 2. The summed E-state index contributed by atoms with van der Waals surface area (Å²) in [5.74, 6) is 0. The molecule has 0 radical (unpaired) electrons. The Morgan fingerprint density at radius 2 is 0.621 bits per heavy atom. The molecule has 0 saturated carbocycles. The zero-order valence-electron chi connectivity index (χ0n) is 18.6. The van der Waals surface area contributed by atoms with E-state index in [4.69, 9.17) is 26.6 Å². The van der Waals surface area contributed by atoms with E-state index in [0.717, 1.165) is 10.4 Å². The van der Waals surface area contributed by atoms with Crippen molar-refractivity contribution < 1.29 is 26.6 Å². The highest BCUT2D eigenvalue weighted by atomic mass is 28.4. The molecular formula is C20H32O6Si3. The van der Waals surface area contributed by atoms with Gasteiger partial charge in [0.2, 0.25) is 0 Å². The Hall–Kier alpha value is -1.15. The molecule has 0 saturated heterocycles. The van der Waals surface area contributed by atoms with Crippen LogP contribution in [0, 0.1) is 0 Å². The Kier molecular flexibility index (Phi) is 8.13. The summed E-state index contributed by atoms with van der Waals surface area (Å²) in [5, 5.41) is 4.53. The van der Waals surface area contributed by atoms with Gasteiger partial charge in [-0.2, -0.15) is 0 Å². The van der Waals surface area contributed by atoms with Crippen molar-refractivity contribution in [3.63, 3.8) is 0 Å². The van der Waals surface area contributed by atoms with Gasteiger partial charge in [-0.3, -0.25) is 0 Å². The number of hydrogen-bond donors (Lipinski definition) is 0. The maximum atomic E-state index is 5.58. The van der Waals surface area contributed by atoms with Gasteiger partial charge in [0.1, 0.15) is 8.07 Å². The molecule has 0 unspecified atom stereocenters. The second-order valence-electron chi connectivity index (χ2n) is 7.12. The largest absolute Gasteiger partial charge is 0.536 e. The highest BCUT2D eigenvalue weighted by Gasteiger charge is 2.42. The minimum Gasteiger partial charge on any atom is -0.373 e. The van der Waals surface area contributed by atoms with Crippen LogP contribution in [-0.4, -0.2) is 68.3 Å². The molecule has 6 nitrogen and oxygen atoms in total. The van der Waals surface area contributed by atoms with Crippen LogP contribution in [0.15, 0.2) is 48.5 Å². The van der Waals surface area contributed by atoms with Gasteiger partial charge in [0.05, 0.1) is 0 Å².